The first-order valence-electron chi connectivity index (χ1n) is 13.1. The van der Waals surface area contributed by atoms with Crippen LogP contribution < -0.4 is 0 Å². The lowest BCUT2D eigenvalue weighted by Gasteiger charge is -2.34. The van der Waals surface area contributed by atoms with E-state index in [9.17, 15) is 10.2 Å². The summed E-state index contributed by atoms with van der Waals surface area (Å²) in [5.41, 5.74) is 8.28. The van der Waals surface area contributed by atoms with Crippen LogP contribution in [0.4, 0.5) is 0 Å². The Morgan fingerprint density at radius 2 is 1.11 bits per heavy atom. The molecule has 0 radical (unpaired) electrons. The van der Waals surface area contributed by atoms with Gasteiger partial charge < -0.3 is 24.4 Å². The predicted molar refractivity (Wildman–Crippen MR) is 147 cm³/mol. The number of aryl methyl sites for hydroxylation is 2. The van der Waals surface area contributed by atoms with E-state index < -0.39 is 5.41 Å². The van der Waals surface area contributed by atoms with Crippen molar-refractivity contribution in [2.24, 2.45) is 0 Å². The Kier molecular flexibility index (Phi) is 6.44. The summed E-state index contributed by atoms with van der Waals surface area (Å²) in [7, 11) is 0. The summed E-state index contributed by atoms with van der Waals surface area (Å²) in [6, 6.07) is 28.8. The molecule has 4 aromatic rings. The number of phenols is 2. The molecule has 2 N–H and O–H groups in total. The van der Waals surface area contributed by atoms with E-state index in [1.54, 1.807) is 12.1 Å². The molecule has 2 atom stereocenters. The Morgan fingerprint density at radius 3 is 1.50 bits per heavy atom. The first-order valence-corrected chi connectivity index (χ1v) is 13.1. The van der Waals surface area contributed by atoms with Gasteiger partial charge in [0.2, 0.25) is 0 Å². The summed E-state index contributed by atoms with van der Waals surface area (Å²) in [6.07, 6.45) is 0.785. The molecular formula is C33H32O5. The van der Waals surface area contributed by atoms with Crippen LogP contribution in [0.5, 0.6) is 11.5 Å². The molecule has 0 saturated carbocycles. The van der Waals surface area contributed by atoms with Crippen LogP contribution in [0.3, 0.4) is 0 Å². The van der Waals surface area contributed by atoms with Crippen LogP contribution >= 0.6 is 0 Å². The first-order chi connectivity index (χ1) is 18.5. The van der Waals surface area contributed by atoms with E-state index in [0.29, 0.717) is 23.7 Å². The van der Waals surface area contributed by atoms with Crippen molar-refractivity contribution in [3.8, 4) is 22.6 Å². The summed E-state index contributed by atoms with van der Waals surface area (Å²) >= 11 is 0. The molecule has 0 spiro atoms. The van der Waals surface area contributed by atoms with Gasteiger partial charge in [0.15, 0.2) is 0 Å². The second-order valence-corrected chi connectivity index (χ2v) is 10.3. The molecule has 194 valence electrons. The monoisotopic (exact) mass is 508 g/mol. The lowest BCUT2D eigenvalue weighted by molar-refractivity contribution is 0.102. The third-order valence-electron chi connectivity index (χ3n) is 7.62. The van der Waals surface area contributed by atoms with Crippen molar-refractivity contribution in [3.05, 3.63) is 118 Å². The largest absolute Gasteiger partial charge is 0.508 e. The van der Waals surface area contributed by atoms with Crippen molar-refractivity contribution in [1.82, 2.24) is 0 Å². The Hall–Kier alpha value is -3.64. The van der Waals surface area contributed by atoms with Crippen molar-refractivity contribution in [1.29, 1.82) is 0 Å². The van der Waals surface area contributed by atoms with Gasteiger partial charge in [-0.2, -0.15) is 0 Å². The number of hydrogen-bond acceptors (Lipinski definition) is 5. The molecular weight excluding hydrogens is 476 g/mol. The SMILES string of the molecule is C(OCC1CO1)C1CO1.Cc1cc(C2(c3ccc(O)c(C)c3)c3ccccc3-c3ccccc32)ccc1O. The smallest absolute Gasteiger partial charge is 0.118 e. The summed E-state index contributed by atoms with van der Waals surface area (Å²) < 4.78 is 15.1. The van der Waals surface area contributed by atoms with E-state index in [2.05, 4.69) is 60.7 Å². The molecule has 2 saturated heterocycles. The molecule has 38 heavy (non-hydrogen) atoms. The molecule has 0 aromatic heterocycles. The Bertz CT molecular complexity index is 1360. The second kappa shape index (κ2) is 9.91. The van der Waals surface area contributed by atoms with Gasteiger partial charge in [-0.3, -0.25) is 0 Å². The Balaban J connectivity index is 0.000000246. The number of aromatic hydroxyl groups is 2. The van der Waals surface area contributed by atoms with Crippen molar-refractivity contribution in [2.75, 3.05) is 26.4 Å². The highest BCUT2D eigenvalue weighted by Crippen LogP contribution is 2.56. The quantitative estimate of drug-likeness (QED) is 0.280. The molecule has 2 unspecified atom stereocenters. The summed E-state index contributed by atoms with van der Waals surface area (Å²) in [6.45, 7) is 7.12. The maximum Gasteiger partial charge on any atom is 0.118 e. The van der Waals surface area contributed by atoms with E-state index in [0.717, 1.165) is 48.7 Å². The van der Waals surface area contributed by atoms with Crippen LogP contribution in [0, 0.1) is 13.8 Å². The summed E-state index contributed by atoms with van der Waals surface area (Å²) in [4.78, 5) is 0. The van der Waals surface area contributed by atoms with Gasteiger partial charge in [-0.25, -0.2) is 0 Å². The molecule has 5 nitrogen and oxygen atoms in total. The van der Waals surface area contributed by atoms with E-state index >= 15 is 0 Å². The van der Waals surface area contributed by atoms with E-state index in [1.165, 1.54) is 22.3 Å². The van der Waals surface area contributed by atoms with E-state index in [4.69, 9.17) is 14.2 Å². The number of ether oxygens (including phenoxy) is 3. The second-order valence-electron chi connectivity index (χ2n) is 10.3. The highest BCUT2D eigenvalue weighted by atomic mass is 16.6. The maximum absolute atomic E-state index is 10.2. The Labute approximate surface area is 223 Å². The van der Waals surface area contributed by atoms with Gasteiger partial charge in [-0.15, -0.1) is 0 Å². The van der Waals surface area contributed by atoms with Crippen LogP contribution in [0.2, 0.25) is 0 Å². The highest BCUT2D eigenvalue weighted by Gasteiger charge is 2.46. The maximum atomic E-state index is 10.2. The topological polar surface area (TPSA) is 74.8 Å². The van der Waals surface area contributed by atoms with Gasteiger partial charge in [0.25, 0.3) is 0 Å². The molecule has 0 bridgehead atoms. The van der Waals surface area contributed by atoms with Gasteiger partial charge >= 0.3 is 0 Å². The molecule has 3 aliphatic rings. The van der Waals surface area contributed by atoms with Crippen LogP contribution in [0.1, 0.15) is 33.4 Å². The standard InChI is InChI=1S/C27H22O2.C6H10O3/c1-17-15-19(11-13-25(17)28)27(20-12-14-26(29)18(2)16-20)23-9-5-3-7-21(23)22-8-4-6-10-24(22)27;1(5-3-8-5)7-2-6-4-9-6/h3-16,28-29H,1-2H3;5-6H,1-4H2. The minimum Gasteiger partial charge on any atom is -0.508 e. The molecule has 0 amide bonds. The van der Waals surface area contributed by atoms with Gasteiger partial charge in [0, 0.05) is 0 Å². The van der Waals surface area contributed by atoms with Gasteiger partial charge in [-0.1, -0.05) is 72.8 Å². The molecule has 4 aromatic carbocycles. The van der Waals surface area contributed by atoms with Crippen LogP contribution in [-0.2, 0) is 19.6 Å². The van der Waals surface area contributed by atoms with Gasteiger partial charge in [0.1, 0.15) is 23.7 Å². The average Bonchev–Trinajstić information content (AvgIpc) is 3.87. The normalized spacial score (nSPS) is 19.6. The van der Waals surface area contributed by atoms with E-state index in [1.807, 2.05) is 26.0 Å². The number of hydrogen-bond donors (Lipinski definition) is 2. The minimum atomic E-state index is -0.510. The minimum absolute atomic E-state index is 0.297. The summed E-state index contributed by atoms with van der Waals surface area (Å²) in [5.74, 6) is 0.593. The zero-order valence-electron chi connectivity index (χ0n) is 21.7. The zero-order valence-corrected chi connectivity index (χ0v) is 21.7. The number of fused-ring (bicyclic) bond motifs is 3. The zero-order chi connectivity index (χ0) is 26.3. The predicted octanol–water partition coefficient (Wildman–Crippen LogP) is 5.88. The van der Waals surface area contributed by atoms with Crippen molar-refractivity contribution in [3.63, 3.8) is 0 Å². The fourth-order valence-corrected chi connectivity index (χ4v) is 5.46. The molecule has 7 rings (SSSR count). The number of phenolic OH excluding ortho intramolecular Hbond substituents is 2. The number of rotatable bonds is 6. The highest BCUT2D eigenvalue weighted by molar-refractivity contribution is 5.86. The Morgan fingerprint density at radius 1 is 0.684 bits per heavy atom. The fraction of sp³-hybridized carbons (Fsp3) is 0.273. The molecule has 5 heteroatoms. The van der Waals surface area contributed by atoms with Gasteiger partial charge in [-0.05, 0) is 70.5 Å². The van der Waals surface area contributed by atoms with Crippen LogP contribution in [0.25, 0.3) is 11.1 Å². The fourth-order valence-electron chi connectivity index (χ4n) is 5.46. The number of benzene rings is 4. The third kappa shape index (κ3) is 4.47. The van der Waals surface area contributed by atoms with Crippen molar-refractivity contribution >= 4 is 0 Å². The third-order valence-corrected chi connectivity index (χ3v) is 7.62. The molecule has 2 aliphatic heterocycles. The molecule has 1 aliphatic carbocycles. The lowest BCUT2D eigenvalue weighted by atomic mass is 9.67. The lowest BCUT2D eigenvalue weighted by Crippen LogP contribution is -2.28. The molecule has 2 heterocycles. The van der Waals surface area contributed by atoms with Crippen molar-refractivity contribution in [2.45, 2.75) is 31.5 Å². The first kappa shape index (κ1) is 24.7. The van der Waals surface area contributed by atoms with Gasteiger partial charge in [0.05, 0.1) is 31.8 Å². The number of epoxide rings is 2. The average molecular weight is 509 g/mol. The molecule has 2 fully saturated rings. The van der Waals surface area contributed by atoms with Crippen molar-refractivity contribution < 1.29 is 24.4 Å². The van der Waals surface area contributed by atoms with Crippen LogP contribution in [0.15, 0.2) is 84.9 Å². The van der Waals surface area contributed by atoms with E-state index in [-0.39, 0.29) is 0 Å². The van der Waals surface area contributed by atoms with Crippen LogP contribution in [-0.4, -0.2) is 48.8 Å². The summed E-state index contributed by atoms with van der Waals surface area (Å²) in [5, 5.41) is 20.4.